The molecule has 8 nitrogen and oxygen atoms in total. The molecule has 0 radical (unpaired) electrons. The Labute approximate surface area is 209 Å². The quantitative estimate of drug-likeness (QED) is 0.389. The lowest BCUT2D eigenvalue weighted by Crippen LogP contribution is -2.20. The van der Waals surface area contributed by atoms with Gasteiger partial charge in [0.25, 0.3) is 15.9 Å². The lowest BCUT2D eigenvalue weighted by molar-refractivity contribution is -0.137. The van der Waals surface area contributed by atoms with Crippen LogP contribution in [0.3, 0.4) is 0 Å². The number of amides is 1. The van der Waals surface area contributed by atoms with Crippen LogP contribution in [-0.2, 0) is 25.7 Å². The second-order valence-electron chi connectivity index (χ2n) is 7.18. The van der Waals surface area contributed by atoms with Gasteiger partial charge in [0, 0.05) is 11.4 Å². The molecule has 0 aliphatic heterocycles. The molecule has 0 atom stereocenters. The Kier molecular flexibility index (Phi) is 8.10. The van der Waals surface area contributed by atoms with Gasteiger partial charge in [-0.1, -0.05) is 17.7 Å². The van der Waals surface area contributed by atoms with E-state index >= 15 is 0 Å². The molecule has 0 aliphatic rings. The summed E-state index contributed by atoms with van der Waals surface area (Å²) >= 11 is 6.09. The number of benzene rings is 3. The van der Waals surface area contributed by atoms with Crippen molar-refractivity contribution in [3.05, 3.63) is 82.9 Å². The van der Waals surface area contributed by atoms with Crippen LogP contribution in [-0.4, -0.2) is 34.0 Å². The van der Waals surface area contributed by atoms with Crippen LogP contribution in [0.4, 0.5) is 24.5 Å². The zero-order valence-corrected chi connectivity index (χ0v) is 20.0. The van der Waals surface area contributed by atoms with Crippen molar-refractivity contribution in [2.45, 2.75) is 11.1 Å². The lowest BCUT2D eigenvalue weighted by Gasteiger charge is -2.13. The fourth-order valence-electron chi connectivity index (χ4n) is 2.89. The fourth-order valence-corrected chi connectivity index (χ4v) is 4.26. The first-order chi connectivity index (χ1) is 16.9. The molecule has 0 aromatic heterocycles. The summed E-state index contributed by atoms with van der Waals surface area (Å²) in [6.07, 6.45) is -4.64. The predicted octanol–water partition coefficient (Wildman–Crippen LogP) is 4.96. The molecule has 0 saturated carbocycles. The van der Waals surface area contributed by atoms with E-state index in [1.807, 2.05) is 0 Å². The first-order valence-corrected chi connectivity index (χ1v) is 11.9. The number of methoxy groups -OCH3 is 1. The number of anilines is 2. The average molecular weight is 543 g/mol. The van der Waals surface area contributed by atoms with Crippen molar-refractivity contribution in [1.82, 2.24) is 0 Å². The fraction of sp³-hybridized carbons (Fsp3) is 0.130. The van der Waals surface area contributed by atoms with Crippen molar-refractivity contribution < 1.29 is 40.7 Å². The van der Waals surface area contributed by atoms with Gasteiger partial charge >= 0.3 is 12.1 Å². The highest BCUT2D eigenvalue weighted by Gasteiger charge is 2.30. The molecule has 36 heavy (non-hydrogen) atoms. The van der Waals surface area contributed by atoms with E-state index in [2.05, 4.69) is 14.8 Å². The second-order valence-corrected chi connectivity index (χ2v) is 9.27. The van der Waals surface area contributed by atoms with E-state index < -0.39 is 40.2 Å². The smallest absolute Gasteiger partial charge is 0.416 e. The van der Waals surface area contributed by atoms with Gasteiger partial charge in [0.05, 0.1) is 28.2 Å². The Morgan fingerprint density at radius 1 is 0.972 bits per heavy atom. The number of rotatable bonds is 8. The molecule has 0 saturated heterocycles. The van der Waals surface area contributed by atoms with Crippen molar-refractivity contribution >= 4 is 44.9 Å². The standard InChI is InChI=1S/C23H18ClF3N2O6S/c1-34-22(31)14-5-7-16(8-6-14)28-21(30)13-35-20-10-9-18(12-19(20)24)36(32,33)29-17-4-2-3-15(11-17)23(25,26)27/h2-12,29H,13H2,1H3,(H,28,30). The van der Waals surface area contributed by atoms with E-state index in [0.717, 1.165) is 24.3 Å². The largest absolute Gasteiger partial charge is 0.482 e. The summed E-state index contributed by atoms with van der Waals surface area (Å²) < 4.78 is 75.8. The molecule has 13 heteroatoms. The molecule has 0 fully saturated rings. The Morgan fingerprint density at radius 2 is 1.67 bits per heavy atom. The first-order valence-electron chi connectivity index (χ1n) is 10.00. The van der Waals surface area contributed by atoms with Crippen LogP contribution in [0.1, 0.15) is 15.9 Å². The summed E-state index contributed by atoms with van der Waals surface area (Å²) in [5.74, 6) is -1.08. The number of esters is 1. The summed E-state index contributed by atoms with van der Waals surface area (Å²) in [6.45, 7) is -0.465. The highest BCUT2D eigenvalue weighted by Crippen LogP contribution is 2.32. The first kappa shape index (κ1) is 26.8. The molecule has 0 unspecified atom stereocenters. The molecule has 0 aliphatic carbocycles. The van der Waals surface area contributed by atoms with Gasteiger partial charge in [-0.05, 0) is 60.7 Å². The van der Waals surface area contributed by atoms with E-state index in [0.29, 0.717) is 17.3 Å². The Balaban J connectivity index is 1.63. The molecule has 0 heterocycles. The van der Waals surface area contributed by atoms with Crippen molar-refractivity contribution in [3.63, 3.8) is 0 Å². The van der Waals surface area contributed by atoms with Gasteiger partial charge in [-0.25, -0.2) is 13.2 Å². The van der Waals surface area contributed by atoms with Gasteiger partial charge in [0.15, 0.2) is 6.61 Å². The van der Waals surface area contributed by atoms with E-state index in [4.69, 9.17) is 16.3 Å². The summed E-state index contributed by atoms with van der Waals surface area (Å²) in [5.41, 5.74) is -0.597. The van der Waals surface area contributed by atoms with Crippen LogP contribution in [0, 0.1) is 0 Å². The molecule has 2 N–H and O–H groups in total. The Bertz CT molecular complexity index is 1380. The van der Waals surface area contributed by atoms with Crippen LogP contribution in [0.2, 0.25) is 5.02 Å². The lowest BCUT2D eigenvalue weighted by atomic mass is 10.2. The van der Waals surface area contributed by atoms with E-state index in [-0.39, 0.29) is 21.4 Å². The number of carbonyl (C=O) groups excluding carboxylic acids is 2. The number of halogens is 4. The Hall–Kier alpha value is -3.77. The molecule has 3 rings (SSSR count). The zero-order valence-electron chi connectivity index (χ0n) is 18.4. The van der Waals surface area contributed by atoms with Crippen molar-refractivity contribution in [2.24, 2.45) is 0 Å². The molecule has 0 spiro atoms. The van der Waals surface area contributed by atoms with Crippen LogP contribution >= 0.6 is 11.6 Å². The van der Waals surface area contributed by atoms with Gasteiger partial charge in [-0.3, -0.25) is 9.52 Å². The minimum Gasteiger partial charge on any atom is -0.482 e. The molecule has 3 aromatic rings. The van der Waals surface area contributed by atoms with Gasteiger partial charge < -0.3 is 14.8 Å². The predicted molar refractivity (Wildman–Crippen MR) is 126 cm³/mol. The highest BCUT2D eigenvalue weighted by molar-refractivity contribution is 7.92. The van der Waals surface area contributed by atoms with Crippen LogP contribution in [0.5, 0.6) is 5.75 Å². The summed E-state index contributed by atoms with van der Waals surface area (Å²) in [6, 6.07) is 13.0. The number of ether oxygens (including phenoxy) is 2. The summed E-state index contributed by atoms with van der Waals surface area (Å²) in [7, 11) is -3.02. The van der Waals surface area contributed by atoms with Gasteiger partial charge in [0.2, 0.25) is 0 Å². The highest BCUT2D eigenvalue weighted by atomic mass is 35.5. The number of hydrogen-bond donors (Lipinski definition) is 2. The number of nitrogens with one attached hydrogen (secondary N) is 2. The van der Waals surface area contributed by atoms with Gasteiger partial charge in [-0.2, -0.15) is 13.2 Å². The average Bonchev–Trinajstić information content (AvgIpc) is 2.82. The maximum Gasteiger partial charge on any atom is 0.416 e. The number of hydrogen-bond acceptors (Lipinski definition) is 6. The van der Waals surface area contributed by atoms with Crippen molar-refractivity contribution in [2.75, 3.05) is 23.8 Å². The number of sulfonamides is 1. The van der Waals surface area contributed by atoms with E-state index in [1.54, 1.807) is 0 Å². The van der Waals surface area contributed by atoms with Crippen LogP contribution in [0.15, 0.2) is 71.6 Å². The normalized spacial score (nSPS) is 11.5. The summed E-state index contributed by atoms with van der Waals surface area (Å²) in [4.78, 5) is 23.3. The van der Waals surface area contributed by atoms with E-state index in [1.165, 1.54) is 43.5 Å². The second kappa shape index (κ2) is 10.9. The number of carbonyl (C=O) groups is 2. The van der Waals surface area contributed by atoms with Crippen LogP contribution < -0.4 is 14.8 Å². The maximum absolute atomic E-state index is 12.9. The van der Waals surface area contributed by atoms with Gasteiger partial charge in [-0.15, -0.1) is 0 Å². The minimum atomic E-state index is -4.64. The molecular weight excluding hydrogens is 525 g/mol. The monoisotopic (exact) mass is 542 g/mol. The third kappa shape index (κ3) is 6.89. The molecule has 1 amide bonds. The van der Waals surface area contributed by atoms with Crippen molar-refractivity contribution in [1.29, 1.82) is 0 Å². The van der Waals surface area contributed by atoms with E-state index in [9.17, 15) is 31.2 Å². The maximum atomic E-state index is 12.9. The van der Waals surface area contributed by atoms with Gasteiger partial charge in [0.1, 0.15) is 5.75 Å². The van der Waals surface area contributed by atoms with Crippen molar-refractivity contribution in [3.8, 4) is 5.75 Å². The molecule has 3 aromatic carbocycles. The minimum absolute atomic E-state index is 0.00544. The third-order valence-electron chi connectivity index (χ3n) is 4.60. The van der Waals surface area contributed by atoms with Crippen LogP contribution in [0.25, 0.3) is 0 Å². The molecule has 190 valence electrons. The third-order valence-corrected chi connectivity index (χ3v) is 6.28. The SMILES string of the molecule is COC(=O)c1ccc(NC(=O)COc2ccc(S(=O)(=O)Nc3cccc(C(F)(F)F)c3)cc2Cl)cc1. The number of alkyl halides is 3. The molecular formula is C23H18ClF3N2O6S. The summed E-state index contributed by atoms with van der Waals surface area (Å²) in [5, 5.41) is 2.41. The Morgan fingerprint density at radius 3 is 2.28 bits per heavy atom. The topological polar surface area (TPSA) is 111 Å². The zero-order chi connectivity index (χ0) is 26.5. The molecule has 0 bridgehead atoms.